The number of fused-ring (bicyclic) bond motifs is 6. The summed E-state index contributed by atoms with van der Waals surface area (Å²) in [6.07, 6.45) is 2.75. The molecule has 9 aromatic rings. The fraction of sp³-hybridized carbons (Fsp3) is 0.275. The Bertz CT molecular complexity index is 3900. The lowest BCUT2D eigenvalue weighted by molar-refractivity contribution is 0.0271. The molecule has 0 fully saturated rings. The van der Waals surface area contributed by atoms with Crippen LogP contribution in [0, 0.1) is 19.8 Å². The Morgan fingerprint density at radius 1 is 0.457 bits per heavy atom. The van der Waals surface area contributed by atoms with Gasteiger partial charge in [0.1, 0.15) is 47.3 Å². The molecule has 0 amide bonds. The Labute approximate surface area is 472 Å². The molecule has 7 aromatic carbocycles. The number of ether oxygens (including phenoxy) is 6. The maximum atomic E-state index is 14.6. The normalized spacial score (nSPS) is 13.1. The third-order valence-corrected chi connectivity index (χ3v) is 15.2. The first-order valence-electron chi connectivity index (χ1n) is 28.1. The van der Waals surface area contributed by atoms with Gasteiger partial charge in [-0.3, -0.25) is 19.2 Å². The molecule has 414 valence electrons. The van der Waals surface area contributed by atoms with E-state index < -0.39 is 0 Å². The zero-order chi connectivity index (χ0) is 56.7. The van der Waals surface area contributed by atoms with Crippen LogP contribution in [0.1, 0.15) is 115 Å². The molecule has 10 rings (SSSR count). The molecule has 0 radical (unpaired) electrons. The second-order valence-electron chi connectivity index (χ2n) is 20.2. The zero-order valence-electron chi connectivity index (χ0n) is 47.2. The Hall–Kier alpha value is -8.58. The van der Waals surface area contributed by atoms with Crippen LogP contribution in [0.2, 0.25) is 0 Å². The molecule has 81 heavy (non-hydrogen) atoms. The lowest BCUT2D eigenvalue weighted by Gasteiger charge is -2.22. The highest BCUT2D eigenvalue weighted by atomic mass is 16.6. The minimum absolute atomic E-state index is 0.0251. The van der Waals surface area contributed by atoms with Crippen LogP contribution in [0.15, 0.2) is 145 Å². The van der Waals surface area contributed by atoms with Crippen molar-refractivity contribution in [3.05, 3.63) is 206 Å². The number of carbonyl (C=O) groups excluding carboxylic acids is 4. The first-order chi connectivity index (χ1) is 39.5. The van der Waals surface area contributed by atoms with Crippen LogP contribution in [0.5, 0.6) is 23.0 Å². The van der Waals surface area contributed by atoms with Crippen LogP contribution in [0.3, 0.4) is 0 Å². The third-order valence-electron chi connectivity index (χ3n) is 15.2. The number of aryl methyl sites for hydroxylation is 4. The molecule has 1 unspecified atom stereocenters. The highest BCUT2D eigenvalue weighted by Crippen LogP contribution is 2.40. The molecular weight excluding hydrogens is 1020 g/mol. The quantitative estimate of drug-likeness (QED) is 0.0402. The number of hydrogen-bond donors (Lipinski definition) is 0. The van der Waals surface area contributed by atoms with Gasteiger partial charge in [-0.1, -0.05) is 67.6 Å². The van der Waals surface area contributed by atoms with E-state index in [0.717, 1.165) is 67.2 Å². The van der Waals surface area contributed by atoms with Gasteiger partial charge < -0.3 is 37.6 Å². The van der Waals surface area contributed by atoms with Gasteiger partial charge in [0.05, 0.1) is 39.6 Å². The van der Waals surface area contributed by atoms with Crippen molar-refractivity contribution >= 4 is 61.9 Å². The van der Waals surface area contributed by atoms with E-state index in [2.05, 4.69) is 29.9 Å². The molecule has 1 atom stereocenters. The van der Waals surface area contributed by atoms with Gasteiger partial charge in [-0.15, -0.1) is 0 Å². The summed E-state index contributed by atoms with van der Waals surface area (Å²) < 4.78 is 40.7. The minimum Gasteiger partial charge on any atom is -0.493 e. The smallest absolute Gasteiger partial charge is 0.200 e. The molecule has 0 bridgehead atoms. The Morgan fingerprint density at radius 2 is 0.877 bits per heavy atom. The van der Waals surface area contributed by atoms with Gasteiger partial charge in [0.2, 0.25) is 11.6 Å². The van der Waals surface area contributed by atoms with Crippen molar-refractivity contribution in [3.8, 4) is 23.0 Å². The predicted octanol–water partition coefficient (Wildman–Crippen LogP) is 13.8. The molecule has 12 heteroatoms. The Balaban J connectivity index is 0.766. The maximum Gasteiger partial charge on any atom is 0.200 e. The van der Waals surface area contributed by atoms with Crippen LogP contribution in [0.4, 0.5) is 0 Å². The number of allylic oxidation sites excluding steroid dienone is 1. The van der Waals surface area contributed by atoms with Crippen LogP contribution in [-0.2, 0) is 29.0 Å². The molecule has 0 saturated heterocycles. The van der Waals surface area contributed by atoms with Crippen molar-refractivity contribution in [2.24, 2.45) is 5.92 Å². The van der Waals surface area contributed by atoms with Gasteiger partial charge in [0.15, 0.2) is 11.6 Å². The monoisotopic (exact) mass is 1080 g/mol. The molecular formula is C69H68N2O10. The SMILES string of the molecule is CCOc1cccc(OCCOCCOCCOc2cccc(OCC)c2C(=O)c2ccc3c(c2)c2cc(C(=O)c4ccccc4C)ccc2n3CC)c1C(=O)c1ccc2c(c1)c1c(n2CC)CC(C)C(C(=O)c2ccccc2C)=C1. The van der Waals surface area contributed by atoms with Gasteiger partial charge in [0.25, 0.3) is 0 Å². The topological polar surface area (TPSA) is 134 Å². The van der Waals surface area contributed by atoms with E-state index in [1.807, 2.05) is 137 Å². The summed E-state index contributed by atoms with van der Waals surface area (Å²) in [7, 11) is 0. The standard InChI is InChI=1S/C69H68N2O10/c1-8-70-56-29-26-46(66(72)49-20-14-12-18-43(49)5)39-52(56)53-40-47(27-30-57(53)70)67(73)64-60(78-10-3)22-16-24-62(64)80-36-34-76-32-33-77-35-37-81-63-25-17-23-61(79-11-4)65(63)68(74)48-28-31-58-54(41-48)55-42-51(45(7)38-59(55)71(58)9-2)69(75)50-21-15-13-19-44(50)6/h12-31,39-42,45H,8-11,32-38H2,1-7H3. The lowest BCUT2D eigenvalue weighted by Crippen LogP contribution is -2.19. The summed E-state index contributed by atoms with van der Waals surface area (Å²) >= 11 is 0. The van der Waals surface area contributed by atoms with Gasteiger partial charge in [-0.25, -0.2) is 0 Å². The van der Waals surface area contributed by atoms with Crippen LogP contribution in [-0.4, -0.2) is 85.1 Å². The van der Waals surface area contributed by atoms with Crippen molar-refractivity contribution in [1.29, 1.82) is 0 Å². The van der Waals surface area contributed by atoms with Gasteiger partial charge >= 0.3 is 0 Å². The number of Topliss-reactive ketones (excluding diaryl/α,β-unsaturated/α-hetero) is 1. The third kappa shape index (κ3) is 11.2. The van der Waals surface area contributed by atoms with Crippen molar-refractivity contribution in [2.75, 3.05) is 52.9 Å². The van der Waals surface area contributed by atoms with Crippen molar-refractivity contribution in [1.82, 2.24) is 9.13 Å². The fourth-order valence-electron chi connectivity index (χ4n) is 11.3. The molecule has 0 aliphatic heterocycles. The number of carbonyl (C=O) groups is 4. The van der Waals surface area contributed by atoms with E-state index >= 15 is 0 Å². The minimum atomic E-state index is -0.254. The largest absolute Gasteiger partial charge is 0.493 e. The summed E-state index contributed by atoms with van der Waals surface area (Å²) in [6, 6.07) is 43.2. The summed E-state index contributed by atoms with van der Waals surface area (Å²) in [5, 5.41) is 2.68. The Kier molecular flexibility index (Phi) is 17.1. The van der Waals surface area contributed by atoms with Gasteiger partial charge in [0, 0.05) is 90.4 Å². The predicted molar refractivity (Wildman–Crippen MR) is 318 cm³/mol. The van der Waals surface area contributed by atoms with Crippen molar-refractivity contribution in [2.45, 2.75) is 68.0 Å². The molecule has 1 aliphatic carbocycles. The average Bonchev–Trinajstić information content (AvgIpc) is 4.08. The van der Waals surface area contributed by atoms with Gasteiger partial charge in [-0.2, -0.15) is 0 Å². The highest BCUT2D eigenvalue weighted by Gasteiger charge is 2.30. The lowest BCUT2D eigenvalue weighted by atomic mass is 9.82. The summed E-state index contributed by atoms with van der Waals surface area (Å²) in [5.41, 5.74) is 11.2. The molecule has 0 N–H and O–H groups in total. The number of nitrogens with zero attached hydrogens (tertiary/aromatic N) is 2. The van der Waals surface area contributed by atoms with Crippen LogP contribution in [0.25, 0.3) is 38.8 Å². The molecule has 12 nitrogen and oxygen atoms in total. The molecule has 1 aliphatic rings. The van der Waals surface area contributed by atoms with Crippen LogP contribution < -0.4 is 18.9 Å². The first-order valence-corrected chi connectivity index (χ1v) is 28.1. The average molecular weight is 1090 g/mol. The molecule has 2 heterocycles. The van der Waals surface area contributed by atoms with E-state index in [1.165, 1.54) is 0 Å². The highest BCUT2D eigenvalue weighted by molar-refractivity contribution is 6.19. The fourth-order valence-corrected chi connectivity index (χ4v) is 11.3. The summed E-state index contributed by atoms with van der Waals surface area (Å²) in [6.45, 7) is 17.5. The van der Waals surface area contributed by atoms with Gasteiger partial charge in [-0.05, 0) is 150 Å². The number of aromatic nitrogens is 2. The molecule has 0 saturated carbocycles. The zero-order valence-corrected chi connectivity index (χ0v) is 47.2. The van der Waals surface area contributed by atoms with Crippen molar-refractivity contribution < 1.29 is 47.6 Å². The molecule has 0 spiro atoms. The second kappa shape index (κ2) is 24.8. The molecule has 2 aromatic heterocycles. The van der Waals surface area contributed by atoms with E-state index in [0.29, 0.717) is 88.1 Å². The second-order valence-corrected chi connectivity index (χ2v) is 20.2. The number of ketones is 4. The maximum absolute atomic E-state index is 14.6. The van der Waals surface area contributed by atoms with E-state index in [9.17, 15) is 19.2 Å². The number of rotatable bonds is 25. The van der Waals surface area contributed by atoms with E-state index in [-0.39, 0.29) is 68.7 Å². The summed E-state index contributed by atoms with van der Waals surface area (Å²) in [4.78, 5) is 56.9. The Morgan fingerprint density at radius 3 is 1.35 bits per heavy atom. The first kappa shape index (κ1) is 55.7. The summed E-state index contributed by atoms with van der Waals surface area (Å²) in [5.74, 6) is 1.11. The number of benzene rings is 7. The van der Waals surface area contributed by atoms with E-state index in [4.69, 9.17) is 28.4 Å². The van der Waals surface area contributed by atoms with E-state index in [1.54, 1.807) is 36.4 Å². The van der Waals surface area contributed by atoms with Crippen molar-refractivity contribution in [3.63, 3.8) is 0 Å². The van der Waals surface area contributed by atoms with Crippen LogP contribution >= 0.6 is 0 Å². The number of hydrogen-bond acceptors (Lipinski definition) is 10.